The van der Waals surface area contributed by atoms with Crippen LogP contribution in [0.4, 0.5) is 0 Å². The van der Waals surface area contributed by atoms with Gasteiger partial charge in [0.05, 0.1) is 0 Å². The number of hydrogen-bond acceptors (Lipinski definition) is 3. The Kier molecular flexibility index (Phi) is 1.62. The van der Waals surface area contributed by atoms with Crippen molar-refractivity contribution < 1.29 is 11.3 Å². The van der Waals surface area contributed by atoms with Crippen LogP contribution in [-0.2, 0) is 0 Å². The Hall–Kier alpha value is -1.45. The van der Waals surface area contributed by atoms with Crippen molar-refractivity contribution in [3.63, 3.8) is 0 Å². The van der Waals surface area contributed by atoms with Crippen molar-refractivity contribution in [3.8, 4) is 0 Å². The van der Waals surface area contributed by atoms with Crippen molar-refractivity contribution in [1.29, 1.82) is 0 Å². The van der Waals surface area contributed by atoms with Crippen LogP contribution in [-0.4, -0.2) is 21.0 Å². The maximum atomic E-state index is 10.3. The Morgan fingerprint density at radius 1 is 1.80 bits per heavy atom. The van der Waals surface area contributed by atoms with Crippen LogP contribution in [0.25, 0.3) is 0 Å². The van der Waals surface area contributed by atoms with E-state index in [0.717, 1.165) is 0 Å². The van der Waals surface area contributed by atoms with Crippen LogP contribution < -0.4 is 0 Å². The number of nitrogens with zero attached hydrogens (tertiary/aromatic N) is 2. The maximum absolute atomic E-state index is 10.3. The van der Waals surface area contributed by atoms with Crippen molar-refractivity contribution in [2.75, 3.05) is 0 Å². The third-order valence-corrected chi connectivity index (χ3v) is 0.995. The number of aromatic carboxylic acids is 1. The second-order valence-corrected chi connectivity index (χ2v) is 1.79. The predicted octanol–water partition coefficient (Wildman–Crippen LogP) is 0.596. The van der Waals surface area contributed by atoms with Gasteiger partial charge >= 0.3 is 7.40 Å². The topological polar surface area (TPSA) is 63.1 Å². The molecule has 0 unspecified atom stereocenters. The van der Waals surface area contributed by atoms with Gasteiger partial charge in [-0.3, -0.25) is 0 Å². The van der Waals surface area contributed by atoms with Gasteiger partial charge in [-0.05, 0) is 13.0 Å². The van der Waals surface area contributed by atoms with Crippen LogP contribution in [0.15, 0.2) is 12.3 Å². The van der Waals surface area contributed by atoms with E-state index in [0.29, 0.717) is 5.82 Å². The normalized spacial score (nSPS) is 9.30. The summed E-state index contributed by atoms with van der Waals surface area (Å²) in [5, 5.41) is 8.42. The quantitative estimate of drug-likeness (QED) is 0.618. The van der Waals surface area contributed by atoms with Gasteiger partial charge < -0.3 is 5.11 Å². The summed E-state index contributed by atoms with van der Waals surface area (Å²) < 4.78 is 0. The fraction of sp³-hybridized carbons (Fsp3) is 0.167. The molecule has 0 fully saturated rings. The van der Waals surface area contributed by atoms with Gasteiger partial charge in [0, 0.05) is 6.20 Å². The van der Waals surface area contributed by atoms with Gasteiger partial charge in [0.2, 0.25) is 0 Å². The molecule has 0 spiro atoms. The van der Waals surface area contributed by atoms with Gasteiger partial charge in [0.15, 0.2) is 5.69 Å². The number of aryl methyl sites for hydroxylation is 1. The Bertz CT molecular complexity index is 265. The van der Waals surface area contributed by atoms with Crippen molar-refractivity contribution in [2.45, 2.75) is 6.92 Å². The molecule has 0 bridgehead atoms. The zero-order valence-corrected chi connectivity index (χ0v) is 5.40. The SMILES string of the molecule is Cc1nccc(C(=O)O)n1.[H+]. The van der Waals surface area contributed by atoms with E-state index in [1.54, 1.807) is 6.92 Å². The van der Waals surface area contributed by atoms with E-state index in [1.807, 2.05) is 0 Å². The number of aromatic nitrogens is 2. The van der Waals surface area contributed by atoms with Crippen molar-refractivity contribution in [2.24, 2.45) is 0 Å². The Balaban J connectivity index is 0.000001000. The molecular weight excluding hydrogens is 132 g/mol. The first-order valence-corrected chi connectivity index (χ1v) is 2.73. The predicted molar refractivity (Wildman–Crippen MR) is 34.8 cm³/mol. The largest absolute Gasteiger partial charge is 1.00 e. The fourth-order valence-corrected chi connectivity index (χ4v) is 0.575. The van der Waals surface area contributed by atoms with Crippen LogP contribution in [0.2, 0.25) is 0 Å². The van der Waals surface area contributed by atoms with Gasteiger partial charge in [0.25, 0.3) is 0 Å². The zero-order chi connectivity index (χ0) is 7.56. The molecule has 4 heteroatoms. The number of hydrogen-bond donors (Lipinski definition) is 1. The lowest BCUT2D eigenvalue weighted by molar-refractivity contribution is 0.0690. The summed E-state index contributed by atoms with van der Waals surface area (Å²) in [4.78, 5) is 17.7. The minimum atomic E-state index is -1.02. The van der Waals surface area contributed by atoms with E-state index in [2.05, 4.69) is 9.97 Å². The second-order valence-electron chi connectivity index (χ2n) is 1.79. The van der Waals surface area contributed by atoms with Crippen LogP contribution in [0.3, 0.4) is 0 Å². The molecule has 0 saturated carbocycles. The highest BCUT2D eigenvalue weighted by molar-refractivity contribution is 5.85. The average molecular weight is 139 g/mol. The first-order valence-electron chi connectivity index (χ1n) is 2.73. The summed E-state index contributed by atoms with van der Waals surface area (Å²) in [6, 6.07) is 1.36. The lowest BCUT2D eigenvalue weighted by atomic mass is 10.4. The third-order valence-electron chi connectivity index (χ3n) is 0.995. The lowest BCUT2D eigenvalue weighted by Gasteiger charge is -1.92. The van der Waals surface area contributed by atoms with Crippen molar-refractivity contribution >= 4 is 5.97 Å². The minimum absolute atomic E-state index is 0. The molecule has 0 amide bonds. The molecule has 0 radical (unpaired) electrons. The van der Waals surface area contributed by atoms with Crippen LogP contribution >= 0.6 is 0 Å². The number of carboxylic acid groups (broad SMARTS) is 1. The highest BCUT2D eigenvalue weighted by Crippen LogP contribution is 1.92. The van der Waals surface area contributed by atoms with Crippen molar-refractivity contribution in [3.05, 3.63) is 23.8 Å². The molecule has 1 N–H and O–H groups in total. The Labute approximate surface area is 59.0 Å². The summed E-state index contributed by atoms with van der Waals surface area (Å²) in [7, 11) is 0. The van der Waals surface area contributed by atoms with Crippen LogP contribution in [0.1, 0.15) is 17.7 Å². The van der Waals surface area contributed by atoms with E-state index in [4.69, 9.17) is 5.11 Å². The molecule has 0 aliphatic rings. The summed E-state index contributed by atoms with van der Waals surface area (Å²) in [5.41, 5.74) is 0.0347. The molecular formula is C6H7N2O2+. The molecule has 10 heavy (non-hydrogen) atoms. The summed E-state index contributed by atoms with van der Waals surface area (Å²) >= 11 is 0. The first kappa shape index (κ1) is 6.67. The van der Waals surface area contributed by atoms with E-state index in [9.17, 15) is 4.79 Å². The molecule has 1 aromatic rings. The average Bonchev–Trinajstić information content (AvgIpc) is 1.88. The Morgan fingerprint density at radius 2 is 2.50 bits per heavy atom. The lowest BCUT2D eigenvalue weighted by Crippen LogP contribution is -2.01. The molecule has 1 aromatic heterocycles. The third kappa shape index (κ3) is 1.28. The molecule has 4 nitrogen and oxygen atoms in total. The number of rotatable bonds is 1. The Morgan fingerprint density at radius 3 is 2.90 bits per heavy atom. The summed E-state index contributed by atoms with van der Waals surface area (Å²) in [5.74, 6) is -0.551. The van der Waals surface area contributed by atoms with Gasteiger partial charge in [-0.25, -0.2) is 14.8 Å². The first-order chi connectivity index (χ1) is 4.70. The fourth-order valence-electron chi connectivity index (χ4n) is 0.575. The van der Waals surface area contributed by atoms with E-state index < -0.39 is 5.97 Å². The second kappa shape index (κ2) is 2.43. The molecule has 0 aliphatic heterocycles. The highest BCUT2D eigenvalue weighted by Gasteiger charge is 2.02. The van der Waals surface area contributed by atoms with E-state index in [-0.39, 0.29) is 7.12 Å². The highest BCUT2D eigenvalue weighted by atomic mass is 16.4. The van der Waals surface area contributed by atoms with Gasteiger partial charge in [-0.15, -0.1) is 0 Å². The maximum Gasteiger partial charge on any atom is 1.00 e. The molecule has 0 saturated heterocycles. The number of carboxylic acids is 1. The van der Waals surface area contributed by atoms with Crippen LogP contribution in [0.5, 0.6) is 0 Å². The molecule has 0 aliphatic carbocycles. The van der Waals surface area contributed by atoms with Crippen LogP contribution in [0, 0.1) is 6.92 Å². The molecule has 1 rings (SSSR count). The van der Waals surface area contributed by atoms with E-state index in [1.165, 1.54) is 12.3 Å². The van der Waals surface area contributed by atoms with Gasteiger partial charge in [0.1, 0.15) is 5.82 Å². The molecule has 0 atom stereocenters. The molecule has 0 aromatic carbocycles. The monoisotopic (exact) mass is 139 g/mol. The summed E-state index contributed by atoms with van der Waals surface area (Å²) in [6.07, 6.45) is 1.42. The molecule has 1 heterocycles. The number of carbonyl (C=O) groups is 1. The van der Waals surface area contributed by atoms with Gasteiger partial charge in [-0.2, -0.15) is 0 Å². The smallest absolute Gasteiger partial charge is 0.477 e. The van der Waals surface area contributed by atoms with E-state index >= 15 is 0 Å². The zero-order valence-electron chi connectivity index (χ0n) is 6.40. The molecule has 52 valence electrons. The van der Waals surface area contributed by atoms with Gasteiger partial charge in [-0.1, -0.05) is 0 Å². The minimum Gasteiger partial charge on any atom is -0.477 e. The standard InChI is InChI=1S/C6H6N2O2/c1-4-7-3-2-5(8-4)6(9)10/h2-3H,1H3,(H,9,10)/p+1. The van der Waals surface area contributed by atoms with Crippen molar-refractivity contribution in [1.82, 2.24) is 9.97 Å². The summed E-state index contributed by atoms with van der Waals surface area (Å²) in [6.45, 7) is 1.65.